The van der Waals surface area contributed by atoms with Gasteiger partial charge >= 0.3 is 5.69 Å². The topological polar surface area (TPSA) is 82.0 Å². The molecule has 116 valence electrons. The third kappa shape index (κ3) is 3.69. The van der Waals surface area contributed by atoms with Crippen molar-refractivity contribution in [1.29, 1.82) is 0 Å². The fourth-order valence-electron chi connectivity index (χ4n) is 2.10. The van der Waals surface area contributed by atoms with Crippen molar-refractivity contribution in [3.05, 3.63) is 20.8 Å². The molecular weight excluding hydrogens is 268 g/mol. The third-order valence-electron chi connectivity index (χ3n) is 3.52. The number of unbranched alkanes of at least 4 members (excludes halogenated alkanes) is 1. The standard InChI is InChI=1S/C15H24N4O2/c1-5-8-10-19-13(16)12(14(20)18(4)15(19)21)17-11(7-3)9-6-2/h2,11,17H,5,7-10,16H2,1,3-4H3. The van der Waals surface area contributed by atoms with E-state index in [2.05, 4.69) is 11.2 Å². The van der Waals surface area contributed by atoms with Crippen LogP contribution in [0.25, 0.3) is 0 Å². The molecule has 6 heteroatoms. The van der Waals surface area contributed by atoms with Gasteiger partial charge in [0.1, 0.15) is 11.5 Å². The lowest BCUT2D eigenvalue weighted by atomic mass is 10.1. The van der Waals surface area contributed by atoms with Crippen LogP contribution in [0.2, 0.25) is 0 Å². The molecule has 0 spiro atoms. The molecule has 1 unspecified atom stereocenters. The number of nitrogen functional groups attached to an aromatic ring is 1. The molecule has 3 N–H and O–H groups in total. The van der Waals surface area contributed by atoms with Gasteiger partial charge in [-0.05, 0) is 12.8 Å². The van der Waals surface area contributed by atoms with Crippen molar-refractivity contribution in [2.45, 2.75) is 52.1 Å². The predicted octanol–water partition coefficient (Wildman–Crippen LogP) is 1.14. The van der Waals surface area contributed by atoms with Crippen molar-refractivity contribution < 1.29 is 0 Å². The number of anilines is 2. The van der Waals surface area contributed by atoms with Crippen molar-refractivity contribution in [2.24, 2.45) is 7.05 Å². The first-order valence-electron chi connectivity index (χ1n) is 7.27. The summed E-state index contributed by atoms with van der Waals surface area (Å²) < 4.78 is 2.52. The fraction of sp³-hybridized carbons (Fsp3) is 0.600. The summed E-state index contributed by atoms with van der Waals surface area (Å²) in [5.41, 5.74) is 5.49. The average molecular weight is 292 g/mol. The molecule has 0 radical (unpaired) electrons. The van der Waals surface area contributed by atoms with Gasteiger partial charge in [-0.3, -0.25) is 13.9 Å². The van der Waals surface area contributed by atoms with Crippen molar-refractivity contribution in [2.75, 3.05) is 11.1 Å². The molecule has 0 amide bonds. The van der Waals surface area contributed by atoms with Crippen LogP contribution in [-0.4, -0.2) is 15.2 Å². The highest BCUT2D eigenvalue weighted by atomic mass is 16.2. The summed E-state index contributed by atoms with van der Waals surface area (Å²) in [7, 11) is 1.46. The zero-order valence-corrected chi connectivity index (χ0v) is 13.0. The summed E-state index contributed by atoms with van der Waals surface area (Å²) in [6, 6.07) is -0.0397. The summed E-state index contributed by atoms with van der Waals surface area (Å²) >= 11 is 0. The van der Waals surface area contributed by atoms with Gasteiger partial charge in [0, 0.05) is 26.1 Å². The minimum Gasteiger partial charge on any atom is -0.383 e. The summed E-state index contributed by atoms with van der Waals surface area (Å²) in [6.07, 6.45) is 8.34. The van der Waals surface area contributed by atoms with Gasteiger partial charge in [0.2, 0.25) is 0 Å². The molecule has 1 aromatic rings. The Kier molecular flexibility index (Phi) is 6.10. The van der Waals surface area contributed by atoms with E-state index in [1.807, 2.05) is 13.8 Å². The number of terminal acetylenes is 1. The van der Waals surface area contributed by atoms with E-state index in [0.717, 1.165) is 23.8 Å². The first kappa shape index (κ1) is 16.9. The monoisotopic (exact) mass is 292 g/mol. The van der Waals surface area contributed by atoms with E-state index < -0.39 is 5.56 Å². The van der Waals surface area contributed by atoms with Crippen LogP contribution in [0.4, 0.5) is 11.5 Å². The lowest BCUT2D eigenvalue weighted by Crippen LogP contribution is -2.41. The number of rotatable bonds is 7. The summed E-state index contributed by atoms with van der Waals surface area (Å²) in [4.78, 5) is 24.4. The minimum atomic E-state index is -0.416. The molecule has 1 heterocycles. The Morgan fingerprint density at radius 3 is 2.57 bits per heavy atom. The molecule has 0 fully saturated rings. The maximum Gasteiger partial charge on any atom is 0.332 e. The first-order chi connectivity index (χ1) is 9.97. The molecule has 1 rings (SSSR count). The lowest BCUT2D eigenvalue weighted by molar-refractivity contribution is 0.573. The summed E-state index contributed by atoms with van der Waals surface area (Å²) in [5.74, 6) is 2.76. The van der Waals surface area contributed by atoms with Crippen LogP contribution in [0.15, 0.2) is 9.59 Å². The van der Waals surface area contributed by atoms with Crippen molar-refractivity contribution in [1.82, 2.24) is 9.13 Å². The first-order valence-corrected chi connectivity index (χ1v) is 7.27. The van der Waals surface area contributed by atoms with Crippen LogP contribution in [0.3, 0.4) is 0 Å². The van der Waals surface area contributed by atoms with E-state index in [-0.39, 0.29) is 23.2 Å². The van der Waals surface area contributed by atoms with E-state index in [1.165, 1.54) is 11.6 Å². The van der Waals surface area contributed by atoms with Gasteiger partial charge in [0.15, 0.2) is 0 Å². The second-order valence-electron chi connectivity index (χ2n) is 5.07. The lowest BCUT2D eigenvalue weighted by Gasteiger charge is -2.20. The van der Waals surface area contributed by atoms with Gasteiger partial charge in [-0.15, -0.1) is 12.3 Å². The van der Waals surface area contributed by atoms with Gasteiger partial charge in [-0.1, -0.05) is 20.3 Å². The number of nitrogens with one attached hydrogen (secondary N) is 1. The van der Waals surface area contributed by atoms with Gasteiger partial charge < -0.3 is 11.1 Å². The van der Waals surface area contributed by atoms with Gasteiger partial charge in [-0.25, -0.2) is 4.79 Å². The van der Waals surface area contributed by atoms with Crippen LogP contribution < -0.4 is 22.3 Å². The van der Waals surface area contributed by atoms with Crippen molar-refractivity contribution in [3.8, 4) is 12.3 Å². The van der Waals surface area contributed by atoms with Gasteiger partial charge in [0.05, 0.1) is 0 Å². The van der Waals surface area contributed by atoms with Crippen LogP contribution >= 0.6 is 0 Å². The van der Waals surface area contributed by atoms with Crippen LogP contribution in [0.5, 0.6) is 0 Å². The zero-order chi connectivity index (χ0) is 16.0. The smallest absolute Gasteiger partial charge is 0.332 e. The Balaban J connectivity index is 3.32. The average Bonchev–Trinajstić information content (AvgIpc) is 2.48. The number of hydrogen-bond acceptors (Lipinski definition) is 4. The molecule has 6 nitrogen and oxygen atoms in total. The van der Waals surface area contributed by atoms with Crippen LogP contribution in [0.1, 0.15) is 39.5 Å². The number of nitrogens with zero attached hydrogens (tertiary/aromatic N) is 2. The second kappa shape index (κ2) is 7.58. The van der Waals surface area contributed by atoms with Crippen molar-refractivity contribution in [3.63, 3.8) is 0 Å². The number of hydrogen-bond donors (Lipinski definition) is 2. The van der Waals surface area contributed by atoms with Gasteiger partial charge in [-0.2, -0.15) is 0 Å². The molecule has 1 aromatic heterocycles. The normalized spacial score (nSPS) is 11.9. The highest BCUT2D eigenvalue weighted by Gasteiger charge is 2.17. The van der Waals surface area contributed by atoms with E-state index in [1.54, 1.807) is 0 Å². The largest absolute Gasteiger partial charge is 0.383 e. The number of nitrogens with two attached hydrogens (primary N) is 1. The zero-order valence-electron chi connectivity index (χ0n) is 13.0. The van der Waals surface area contributed by atoms with E-state index in [9.17, 15) is 9.59 Å². The molecule has 0 aromatic carbocycles. The Labute approximate surface area is 125 Å². The second-order valence-corrected chi connectivity index (χ2v) is 5.07. The number of aromatic nitrogens is 2. The van der Waals surface area contributed by atoms with E-state index in [4.69, 9.17) is 12.2 Å². The Hall–Kier alpha value is -2.16. The Morgan fingerprint density at radius 2 is 2.05 bits per heavy atom. The van der Waals surface area contributed by atoms with Crippen LogP contribution in [0, 0.1) is 12.3 Å². The molecule has 1 atom stereocenters. The molecule has 0 aliphatic rings. The van der Waals surface area contributed by atoms with Crippen molar-refractivity contribution >= 4 is 11.5 Å². The fourth-order valence-corrected chi connectivity index (χ4v) is 2.10. The summed E-state index contributed by atoms with van der Waals surface area (Å²) in [5, 5.41) is 3.09. The van der Waals surface area contributed by atoms with Gasteiger partial charge in [0.25, 0.3) is 5.56 Å². The van der Waals surface area contributed by atoms with E-state index in [0.29, 0.717) is 13.0 Å². The van der Waals surface area contributed by atoms with E-state index >= 15 is 0 Å². The molecule has 0 saturated heterocycles. The maximum atomic E-state index is 12.2. The molecule has 0 aliphatic carbocycles. The highest BCUT2D eigenvalue weighted by Crippen LogP contribution is 2.15. The molecule has 0 aliphatic heterocycles. The Bertz CT molecular complexity index is 637. The molecule has 21 heavy (non-hydrogen) atoms. The molecule has 0 bridgehead atoms. The molecule has 0 saturated carbocycles. The SMILES string of the molecule is C#CCC(CC)Nc1c(N)n(CCCC)c(=O)n(C)c1=O. The Morgan fingerprint density at radius 1 is 1.38 bits per heavy atom. The van der Waals surface area contributed by atoms with Crippen LogP contribution in [-0.2, 0) is 13.6 Å². The minimum absolute atomic E-state index is 0.0397. The maximum absolute atomic E-state index is 12.2. The quantitative estimate of drug-likeness (QED) is 0.738. The summed E-state index contributed by atoms with van der Waals surface area (Å²) in [6.45, 7) is 4.50. The third-order valence-corrected chi connectivity index (χ3v) is 3.52. The predicted molar refractivity (Wildman–Crippen MR) is 86.4 cm³/mol. The molecular formula is C15H24N4O2. The highest BCUT2D eigenvalue weighted by molar-refractivity contribution is 5.61.